The Hall–Kier alpha value is -1.06. The molecule has 0 spiro atoms. The standard InChI is InChI=1S/C11H18N2O/c1-11(2,12)8-13-10-6-4-3-5-9(10)7-14/h3-6,13-14H,7-8,12H2,1-2H3. The Balaban J connectivity index is 2.67. The lowest BCUT2D eigenvalue weighted by Gasteiger charge is -2.20. The summed E-state index contributed by atoms with van der Waals surface area (Å²) in [6, 6.07) is 7.68. The van der Waals surface area contributed by atoms with E-state index in [9.17, 15) is 0 Å². The van der Waals surface area contributed by atoms with Gasteiger partial charge in [-0.15, -0.1) is 0 Å². The molecule has 0 unspecified atom stereocenters. The second-order valence-corrected chi connectivity index (χ2v) is 4.16. The molecule has 0 atom stereocenters. The zero-order valence-electron chi connectivity index (χ0n) is 8.75. The van der Waals surface area contributed by atoms with Crippen molar-refractivity contribution >= 4 is 5.69 Å². The molecule has 4 N–H and O–H groups in total. The van der Waals surface area contributed by atoms with E-state index in [0.29, 0.717) is 6.54 Å². The molecule has 0 aromatic heterocycles. The van der Waals surface area contributed by atoms with Crippen molar-refractivity contribution in [3.63, 3.8) is 0 Å². The summed E-state index contributed by atoms with van der Waals surface area (Å²) in [6.07, 6.45) is 0. The number of anilines is 1. The monoisotopic (exact) mass is 194 g/mol. The van der Waals surface area contributed by atoms with Crippen LogP contribution < -0.4 is 11.1 Å². The first kappa shape index (κ1) is 11.0. The lowest BCUT2D eigenvalue weighted by atomic mass is 10.1. The number of benzene rings is 1. The summed E-state index contributed by atoms with van der Waals surface area (Å²) in [7, 11) is 0. The normalized spacial score (nSPS) is 11.4. The number of nitrogens with one attached hydrogen (secondary N) is 1. The van der Waals surface area contributed by atoms with Crippen molar-refractivity contribution in [3.8, 4) is 0 Å². The quantitative estimate of drug-likeness (QED) is 0.677. The van der Waals surface area contributed by atoms with Gasteiger partial charge in [0.25, 0.3) is 0 Å². The Labute approximate surface area is 84.9 Å². The average molecular weight is 194 g/mol. The summed E-state index contributed by atoms with van der Waals surface area (Å²) < 4.78 is 0. The van der Waals surface area contributed by atoms with Gasteiger partial charge in [-0.25, -0.2) is 0 Å². The molecule has 0 bridgehead atoms. The van der Waals surface area contributed by atoms with Gasteiger partial charge in [-0.05, 0) is 19.9 Å². The van der Waals surface area contributed by atoms with Crippen LogP contribution in [0.1, 0.15) is 19.4 Å². The van der Waals surface area contributed by atoms with Crippen LogP contribution in [0.2, 0.25) is 0 Å². The minimum absolute atomic E-state index is 0.0498. The number of para-hydroxylation sites is 1. The molecular weight excluding hydrogens is 176 g/mol. The second-order valence-electron chi connectivity index (χ2n) is 4.16. The summed E-state index contributed by atoms with van der Waals surface area (Å²) in [5.74, 6) is 0. The van der Waals surface area contributed by atoms with Crippen molar-refractivity contribution in [2.75, 3.05) is 11.9 Å². The van der Waals surface area contributed by atoms with Gasteiger partial charge in [-0.3, -0.25) is 0 Å². The van der Waals surface area contributed by atoms with Gasteiger partial charge in [-0.2, -0.15) is 0 Å². The fourth-order valence-electron chi connectivity index (χ4n) is 1.15. The molecule has 0 amide bonds. The van der Waals surface area contributed by atoms with Gasteiger partial charge in [0.2, 0.25) is 0 Å². The molecule has 3 heteroatoms. The zero-order chi connectivity index (χ0) is 10.6. The lowest BCUT2D eigenvalue weighted by Crippen LogP contribution is -2.39. The van der Waals surface area contributed by atoms with Crippen LogP contribution in [0.3, 0.4) is 0 Å². The Morgan fingerprint density at radius 2 is 2.00 bits per heavy atom. The number of aliphatic hydroxyl groups excluding tert-OH is 1. The fraction of sp³-hybridized carbons (Fsp3) is 0.455. The van der Waals surface area contributed by atoms with Crippen molar-refractivity contribution in [3.05, 3.63) is 29.8 Å². The predicted molar refractivity (Wildman–Crippen MR) is 59.1 cm³/mol. The van der Waals surface area contributed by atoms with Gasteiger partial charge in [0.1, 0.15) is 0 Å². The van der Waals surface area contributed by atoms with Crippen molar-refractivity contribution in [1.29, 1.82) is 0 Å². The summed E-state index contributed by atoms with van der Waals surface area (Å²) in [6.45, 7) is 4.65. The Morgan fingerprint density at radius 3 is 2.57 bits per heavy atom. The van der Waals surface area contributed by atoms with E-state index in [0.717, 1.165) is 11.3 Å². The van der Waals surface area contributed by atoms with Gasteiger partial charge in [-0.1, -0.05) is 18.2 Å². The molecule has 0 saturated heterocycles. The third-order valence-corrected chi connectivity index (χ3v) is 1.92. The minimum Gasteiger partial charge on any atom is -0.392 e. The Morgan fingerprint density at radius 1 is 1.36 bits per heavy atom. The molecule has 1 aromatic rings. The summed E-state index contributed by atoms with van der Waals surface area (Å²) in [5.41, 5.74) is 7.45. The van der Waals surface area contributed by atoms with E-state index >= 15 is 0 Å². The van der Waals surface area contributed by atoms with Crippen molar-refractivity contribution < 1.29 is 5.11 Å². The highest BCUT2D eigenvalue weighted by atomic mass is 16.3. The zero-order valence-corrected chi connectivity index (χ0v) is 8.75. The molecule has 0 heterocycles. The van der Waals surface area contributed by atoms with Crippen LogP contribution in [0, 0.1) is 0 Å². The number of nitrogens with two attached hydrogens (primary N) is 1. The maximum atomic E-state index is 9.08. The van der Waals surface area contributed by atoms with Crippen LogP contribution in [-0.2, 0) is 6.61 Å². The Bertz CT molecular complexity index is 292. The van der Waals surface area contributed by atoms with E-state index in [1.54, 1.807) is 0 Å². The number of hydrogen-bond donors (Lipinski definition) is 3. The fourth-order valence-corrected chi connectivity index (χ4v) is 1.15. The summed E-state index contributed by atoms with van der Waals surface area (Å²) in [5, 5.41) is 12.3. The third-order valence-electron chi connectivity index (χ3n) is 1.92. The molecule has 0 fully saturated rings. The molecule has 1 aromatic carbocycles. The van der Waals surface area contributed by atoms with E-state index in [4.69, 9.17) is 10.8 Å². The summed E-state index contributed by atoms with van der Waals surface area (Å²) >= 11 is 0. The molecular formula is C11H18N2O. The van der Waals surface area contributed by atoms with Gasteiger partial charge < -0.3 is 16.2 Å². The van der Waals surface area contributed by atoms with E-state index in [2.05, 4.69) is 5.32 Å². The van der Waals surface area contributed by atoms with E-state index in [-0.39, 0.29) is 12.1 Å². The van der Waals surface area contributed by atoms with Crippen molar-refractivity contribution in [1.82, 2.24) is 0 Å². The van der Waals surface area contributed by atoms with Crippen molar-refractivity contribution in [2.45, 2.75) is 26.0 Å². The van der Waals surface area contributed by atoms with Crippen LogP contribution in [0.15, 0.2) is 24.3 Å². The molecule has 3 nitrogen and oxygen atoms in total. The van der Waals surface area contributed by atoms with Gasteiger partial charge >= 0.3 is 0 Å². The van der Waals surface area contributed by atoms with Crippen LogP contribution >= 0.6 is 0 Å². The van der Waals surface area contributed by atoms with Gasteiger partial charge in [0.15, 0.2) is 0 Å². The molecule has 0 saturated carbocycles. The van der Waals surface area contributed by atoms with Crippen molar-refractivity contribution in [2.24, 2.45) is 5.73 Å². The highest BCUT2D eigenvalue weighted by Crippen LogP contribution is 2.15. The summed E-state index contributed by atoms with van der Waals surface area (Å²) in [4.78, 5) is 0. The number of hydrogen-bond acceptors (Lipinski definition) is 3. The predicted octanol–water partition coefficient (Wildman–Crippen LogP) is 1.33. The SMILES string of the molecule is CC(C)(N)CNc1ccccc1CO. The van der Waals surface area contributed by atoms with Gasteiger partial charge in [0.05, 0.1) is 6.61 Å². The first-order valence-corrected chi connectivity index (χ1v) is 4.74. The van der Waals surface area contributed by atoms with Crippen LogP contribution in [-0.4, -0.2) is 17.2 Å². The smallest absolute Gasteiger partial charge is 0.0701 e. The largest absolute Gasteiger partial charge is 0.392 e. The van der Waals surface area contributed by atoms with E-state index in [1.807, 2.05) is 38.1 Å². The highest BCUT2D eigenvalue weighted by Gasteiger charge is 2.10. The Kier molecular flexibility index (Phi) is 3.49. The molecule has 0 aliphatic rings. The molecule has 0 aliphatic heterocycles. The second kappa shape index (κ2) is 4.44. The highest BCUT2D eigenvalue weighted by molar-refractivity contribution is 5.50. The molecule has 14 heavy (non-hydrogen) atoms. The lowest BCUT2D eigenvalue weighted by molar-refractivity contribution is 0.282. The molecule has 0 radical (unpaired) electrons. The number of rotatable bonds is 4. The first-order valence-electron chi connectivity index (χ1n) is 4.74. The molecule has 1 rings (SSSR count). The van der Waals surface area contributed by atoms with Gasteiger partial charge in [0, 0.05) is 23.3 Å². The van der Waals surface area contributed by atoms with Crippen LogP contribution in [0.25, 0.3) is 0 Å². The minimum atomic E-state index is -0.247. The van der Waals surface area contributed by atoms with Crippen LogP contribution in [0.4, 0.5) is 5.69 Å². The molecule has 78 valence electrons. The first-order chi connectivity index (χ1) is 6.53. The maximum absolute atomic E-state index is 9.08. The molecule has 0 aliphatic carbocycles. The maximum Gasteiger partial charge on any atom is 0.0701 e. The number of aliphatic hydroxyl groups is 1. The van der Waals surface area contributed by atoms with Crippen LogP contribution in [0.5, 0.6) is 0 Å². The third kappa shape index (κ3) is 3.36. The van der Waals surface area contributed by atoms with E-state index < -0.39 is 0 Å². The van der Waals surface area contributed by atoms with E-state index in [1.165, 1.54) is 0 Å². The topological polar surface area (TPSA) is 58.3 Å². The average Bonchev–Trinajstić information content (AvgIpc) is 2.14.